The van der Waals surface area contributed by atoms with E-state index in [4.69, 9.17) is 0 Å². The van der Waals surface area contributed by atoms with Gasteiger partial charge in [-0.15, -0.1) is 0 Å². The standard InChI is InChI=1S/C10H17NO4S/c1-2-16(14,15)11-6-7-4-3-5-8(7)9(11)10(12)13/h7-9H,2-6H2,1H3,(H,12,13). The van der Waals surface area contributed by atoms with Crippen molar-refractivity contribution in [3.05, 3.63) is 0 Å². The summed E-state index contributed by atoms with van der Waals surface area (Å²) in [6, 6.07) is -0.822. The number of sulfonamides is 1. The second-order valence-corrected chi connectivity index (χ2v) is 6.82. The topological polar surface area (TPSA) is 74.7 Å². The molecule has 2 fully saturated rings. The number of carboxylic acid groups (broad SMARTS) is 1. The first kappa shape index (κ1) is 11.9. The Morgan fingerprint density at radius 3 is 2.69 bits per heavy atom. The fourth-order valence-electron chi connectivity index (χ4n) is 3.02. The third-order valence-electron chi connectivity index (χ3n) is 3.82. The fourth-order valence-corrected chi connectivity index (χ4v) is 4.37. The number of fused-ring (bicyclic) bond motifs is 1. The highest BCUT2D eigenvalue weighted by Gasteiger charge is 2.51. The van der Waals surface area contributed by atoms with Gasteiger partial charge in [-0.1, -0.05) is 6.42 Å². The second-order valence-electron chi connectivity index (χ2n) is 4.61. The van der Waals surface area contributed by atoms with Crippen LogP contribution in [0.3, 0.4) is 0 Å². The van der Waals surface area contributed by atoms with Gasteiger partial charge in [-0.25, -0.2) is 8.42 Å². The Morgan fingerprint density at radius 1 is 1.44 bits per heavy atom. The van der Waals surface area contributed by atoms with Crippen molar-refractivity contribution in [1.82, 2.24) is 4.31 Å². The van der Waals surface area contributed by atoms with E-state index in [1.165, 1.54) is 4.31 Å². The van der Waals surface area contributed by atoms with Crippen LogP contribution in [0, 0.1) is 11.8 Å². The van der Waals surface area contributed by atoms with Gasteiger partial charge < -0.3 is 5.11 Å². The van der Waals surface area contributed by atoms with E-state index in [9.17, 15) is 18.3 Å². The third-order valence-corrected chi connectivity index (χ3v) is 5.64. The predicted molar refractivity (Wildman–Crippen MR) is 58.4 cm³/mol. The average molecular weight is 247 g/mol. The number of hydrogen-bond donors (Lipinski definition) is 1. The van der Waals surface area contributed by atoms with Crippen molar-refractivity contribution in [2.75, 3.05) is 12.3 Å². The molecule has 5 nitrogen and oxygen atoms in total. The van der Waals surface area contributed by atoms with Crippen molar-refractivity contribution in [3.8, 4) is 0 Å². The van der Waals surface area contributed by atoms with E-state index in [2.05, 4.69) is 0 Å². The first-order chi connectivity index (χ1) is 7.47. The van der Waals surface area contributed by atoms with Crippen LogP contribution in [0.15, 0.2) is 0 Å². The van der Waals surface area contributed by atoms with Gasteiger partial charge in [0, 0.05) is 6.54 Å². The van der Waals surface area contributed by atoms with Gasteiger partial charge in [-0.05, 0) is 31.6 Å². The molecule has 16 heavy (non-hydrogen) atoms. The Hall–Kier alpha value is -0.620. The maximum atomic E-state index is 11.8. The number of carbonyl (C=O) groups is 1. The minimum absolute atomic E-state index is 0.0176. The van der Waals surface area contributed by atoms with Crippen molar-refractivity contribution in [3.63, 3.8) is 0 Å². The molecule has 2 aliphatic rings. The molecule has 1 heterocycles. The summed E-state index contributed by atoms with van der Waals surface area (Å²) in [7, 11) is -3.38. The number of nitrogens with zero attached hydrogens (tertiary/aromatic N) is 1. The highest BCUT2D eigenvalue weighted by atomic mass is 32.2. The van der Waals surface area contributed by atoms with Gasteiger partial charge in [0.25, 0.3) is 0 Å². The molecule has 3 atom stereocenters. The fraction of sp³-hybridized carbons (Fsp3) is 0.900. The molecule has 0 aromatic carbocycles. The molecule has 1 saturated carbocycles. The number of rotatable bonds is 3. The molecule has 0 amide bonds. The Balaban J connectivity index is 2.30. The minimum Gasteiger partial charge on any atom is -0.480 e. The minimum atomic E-state index is -3.38. The van der Waals surface area contributed by atoms with Gasteiger partial charge in [0.1, 0.15) is 6.04 Å². The maximum Gasteiger partial charge on any atom is 0.322 e. The van der Waals surface area contributed by atoms with Gasteiger partial charge in [0.15, 0.2) is 0 Å². The molecule has 92 valence electrons. The Labute approximate surface area is 95.5 Å². The molecule has 0 spiro atoms. The molecule has 3 unspecified atom stereocenters. The van der Waals surface area contributed by atoms with E-state index >= 15 is 0 Å². The number of aliphatic carboxylic acids is 1. The van der Waals surface area contributed by atoms with E-state index < -0.39 is 22.0 Å². The lowest BCUT2D eigenvalue weighted by atomic mass is 9.94. The SMILES string of the molecule is CCS(=O)(=O)N1CC2CCCC2C1C(=O)O. The van der Waals surface area contributed by atoms with Crippen molar-refractivity contribution in [2.24, 2.45) is 11.8 Å². The summed E-state index contributed by atoms with van der Waals surface area (Å²) in [5, 5.41) is 9.18. The van der Waals surface area contributed by atoms with Crippen LogP contribution in [-0.4, -0.2) is 42.1 Å². The molecule has 6 heteroatoms. The largest absolute Gasteiger partial charge is 0.480 e. The van der Waals surface area contributed by atoms with Crippen LogP contribution >= 0.6 is 0 Å². The van der Waals surface area contributed by atoms with Gasteiger partial charge in [0.05, 0.1) is 5.75 Å². The van der Waals surface area contributed by atoms with E-state index in [0.29, 0.717) is 6.54 Å². The van der Waals surface area contributed by atoms with Gasteiger partial charge >= 0.3 is 5.97 Å². The molecule has 0 aromatic rings. The lowest BCUT2D eigenvalue weighted by molar-refractivity contribution is -0.142. The maximum absolute atomic E-state index is 11.8. The zero-order valence-electron chi connectivity index (χ0n) is 9.30. The molecule has 0 bridgehead atoms. The van der Waals surface area contributed by atoms with Crippen molar-refractivity contribution in [1.29, 1.82) is 0 Å². The zero-order chi connectivity index (χ0) is 11.9. The molecule has 1 aliphatic heterocycles. The lowest BCUT2D eigenvalue weighted by Gasteiger charge is -2.22. The van der Waals surface area contributed by atoms with Gasteiger partial charge in [-0.3, -0.25) is 4.79 Å². The Kier molecular flexibility index (Phi) is 2.96. The second kappa shape index (κ2) is 4.00. The van der Waals surface area contributed by atoms with Crippen LogP contribution in [0.4, 0.5) is 0 Å². The van der Waals surface area contributed by atoms with E-state index in [1.807, 2.05) is 0 Å². The molecule has 0 aromatic heterocycles. The molecule has 2 rings (SSSR count). The summed E-state index contributed by atoms with van der Waals surface area (Å²) in [5.41, 5.74) is 0. The average Bonchev–Trinajstić information content (AvgIpc) is 2.75. The lowest BCUT2D eigenvalue weighted by Crippen LogP contribution is -2.43. The van der Waals surface area contributed by atoms with E-state index in [1.54, 1.807) is 6.92 Å². The number of hydrogen-bond acceptors (Lipinski definition) is 3. The summed E-state index contributed by atoms with van der Waals surface area (Å²) in [4.78, 5) is 11.2. The first-order valence-electron chi connectivity index (χ1n) is 5.69. The normalized spacial score (nSPS) is 35.2. The summed E-state index contributed by atoms with van der Waals surface area (Å²) < 4.78 is 24.8. The zero-order valence-corrected chi connectivity index (χ0v) is 10.1. The Morgan fingerprint density at radius 2 is 2.12 bits per heavy atom. The van der Waals surface area contributed by atoms with Crippen molar-refractivity contribution >= 4 is 16.0 Å². The summed E-state index contributed by atoms with van der Waals surface area (Å²) in [5.74, 6) is -0.733. The predicted octanol–water partition coefficient (Wildman–Crippen LogP) is 0.521. The molecule has 1 aliphatic carbocycles. The van der Waals surface area contributed by atoms with E-state index in [0.717, 1.165) is 19.3 Å². The van der Waals surface area contributed by atoms with Crippen LogP contribution in [0.1, 0.15) is 26.2 Å². The smallest absolute Gasteiger partial charge is 0.322 e. The molecule has 1 saturated heterocycles. The highest BCUT2D eigenvalue weighted by Crippen LogP contribution is 2.43. The van der Waals surface area contributed by atoms with Crippen LogP contribution in [0.25, 0.3) is 0 Å². The summed E-state index contributed by atoms with van der Waals surface area (Å²) >= 11 is 0. The third kappa shape index (κ3) is 1.73. The summed E-state index contributed by atoms with van der Waals surface area (Å²) in [6.07, 6.45) is 2.83. The van der Waals surface area contributed by atoms with Gasteiger partial charge in [0.2, 0.25) is 10.0 Å². The van der Waals surface area contributed by atoms with E-state index in [-0.39, 0.29) is 17.6 Å². The first-order valence-corrected chi connectivity index (χ1v) is 7.30. The number of carboxylic acids is 1. The van der Waals surface area contributed by atoms with Gasteiger partial charge in [-0.2, -0.15) is 4.31 Å². The van der Waals surface area contributed by atoms with Crippen LogP contribution < -0.4 is 0 Å². The molecular weight excluding hydrogens is 230 g/mol. The molecule has 0 radical (unpaired) electrons. The van der Waals surface area contributed by atoms with Crippen molar-refractivity contribution in [2.45, 2.75) is 32.2 Å². The monoisotopic (exact) mass is 247 g/mol. The Bertz CT molecular complexity index is 392. The molecule has 1 N–H and O–H groups in total. The van der Waals surface area contributed by atoms with Crippen molar-refractivity contribution < 1.29 is 18.3 Å². The van der Waals surface area contributed by atoms with Crippen LogP contribution in [0.5, 0.6) is 0 Å². The van der Waals surface area contributed by atoms with Crippen LogP contribution in [-0.2, 0) is 14.8 Å². The summed E-state index contributed by atoms with van der Waals surface area (Å²) in [6.45, 7) is 1.96. The molecular formula is C10H17NO4S. The quantitative estimate of drug-likeness (QED) is 0.789. The van der Waals surface area contributed by atoms with Crippen LogP contribution in [0.2, 0.25) is 0 Å². The highest BCUT2D eigenvalue weighted by molar-refractivity contribution is 7.89.